The number of allylic oxidation sites excluding steroid dienone is 1. The Morgan fingerprint density at radius 3 is 2.57 bits per heavy atom. The molecule has 0 bridgehead atoms. The molecule has 6 rings (SSSR count). The predicted molar refractivity (Wildman–Crippen MR) is 153 cm³/mol. The molecule has 4 aromatic rings. The Bertz CT molecular complexity index is 1770. The summed E-state index contributed by atoms with van der Waals surface area (Å²) in [5, 5.41) is 8.53. The number of benzene rings is 1. The molecule has 1 amide bonds. The van der Waals surface area contributed by atoms with Crippen molar-refractivity contribution in [3.05, 3.63) is 71.1 Å². The summed E-state index contributed by atoms with van der Waals surface area (Å²) in [4.78, 5) is 31.2. The molecule has 42 heavy (non-hydrogen) atoms. The van der Waals surface area contributed by atoms with Crippen LogP contribution in [0.1, 0.15) is 56.1 Å². The van der Waals surface area contributed by atoms with Crippen molar-refractivity contribution in [1.82, 2.24) is 19.6 Å². The van der Waals surface area contributed by atoms with Crippen LogP contribution in [-0.2, 0) is 16.1 Å². The van der Waals surface area contributed by atoms with Gasteiger partial charge < -0.3 is 14.2 Å². The highest BCUT2D eigenvalue weighted by atomic mass is 19.1. The SMILES string of the molecule is CC(=O)/C=C/c1ccc(-c2cc3c(n4cnnc24)N(C(=O)OC(C)(C)C)Cc2c(F)ccc4c2[C@H](CO4)CO3)c(C)n1. The van der Waals surface area contributed by atoms with E-state index in [9.17, 15) is 9.59 Å². The lowest BCUT2D eigenvalue weighted by Crippen LogP contribution is -2.38. The van der Waals surface area contributed by atoms with E-state index < -0.39 is 17.5 Å². The van der Waals surface area contributed by atoms with Crippen LogP contribution in [0.25, 0.3) is 22.9 Å². The summed E-state index contributed by atoms with van der Waals surface area (Å²) in [7, 11) is 0. The summed E-state index contributed by atoms with van der Waals surface area (Å²) >= 11 is 0. The van der Waals surface area contributed by atoms with Crippen LogP contribution in [0.5, 0.6) is 11.5 Å². The van der Waals surface area contributed by atoms with E-state index in [1.54, 1.807) is 49.4 Å². The minimum absolute atomic E-state index is 0.0743. The van der Waals surface area contributed by atoms with E-state index in [4.69, 9.17) is 14.2 Å². The largest absolute Gasteiger partial charge is 0.493 e. The first-order chi connectivity index (χ1) is 20.0. The second kappa shape index (κ2) is 10.2. The van der Waals surface area contributed by atoms with Gasteiger partial charge in [0.1, 0.15) is 23.5 Å². The van der Waals surface area contributed by atoms with Gasteiger partial charge in [-0.1, -0.05) is 6.07 Å². The van der Waals surface area contributed by atoms with Crippen molar-refractivity contribution in [2.45, 2.75) is 52.7 Å². The molecule has 0 saturated heterocycles. The Morgan fingerprint density at radius 2 is 1.86 bits per heavy atom. The molecule has 0 N–H and O–H groups in total. The third-order valence-corrected chi connectivity index (χ3v) is 7.13. The maximum Gasteiger partial charge on any atom is 0.416 e. The van der Waals surface area contributed by atoms with Gasteiger partial charge in [-0.05, 0) is 71.0 Å². The van der Waals surface area contributed by atoms with Gasteiger partial charge in [0.25, 0.3) is 0 Å². The summed E-state index contributed by atoms with van der Waals surface area (Å²) < 4.78 is 35.2. The van der Waals surface area contributed by atoms with Crippen molar-refractivity contribution in [3.63, 3.8) is 0 Å². The lowest BCUT2D eigenvalue weighted by Gasteiger charge is -2.29. The van der Waals surface area contributed by atoms with E-state index >= 15 is 4.39 Å². The quantitative estimate of drug-likeness (QED) is 0.290. The molecule has 1 atom stereocenters. The van der Waals surface area contributed by atoms with Crippen LogP contribution in [0, 0.1) is 12.7 Å². The molecule has 3 aromatic heterocycles. The second-order valence-electron chi connectivity index (χ2n) is 11.4. The fraction of sp³-hybridized carbons (Fsp3) is 0.323. The normalized spacial score (nSPS) is 16.2. The van der Waals surface area contributed by atoms with E-state index in [-0.39, 0.29) is 24.9 Å². The number of hydrogen-bond acceptors (Lipinski definition) is 8. The first-order valence-electron chi connectivity index (χ1n) is 13.6. The number of amides is 1. The van der Waals surface area contributed by atoms with Gasteiger partial charge in [0.15, 0.2) is 23.0 Å². The van der Waals surface area contributed by atoms with Gasteiger partial charge in [0, 0.05) is 27.9 Å². The van der Waals surface area contributed by atoms with Gasteiger partial charge in [0.2, 0.25) is 0 Å². The maximum atomic E-state index is 15.4. The fourth-order valence-corrected chi connectivity index (χ4v) is 5.33. The number of nitrogens with zero attached hydrogens (tertiary/aromatic N) is 5. The summed E-state index contributed by atoms with van der Waals surface area (Å²) in [5.74, 6) is 0.495. The monoisotopic (exact) mass is 571 g/mol. The molecule has 0 aliphatic carbocycles. The minimum atomic E-state index is -0.813. The molecular weight excluding hydrogens is 541 g/mol. The van der Waals surface area contributed by atoms with Crippen LogP contribution < -0.4 is 14.4 Å². The molecular formula is C31H30FN5O5. The van der Waals surface area contributed by atoms with Crippen LogP contribution in [0.15, 0.2) is 42.7 Å². The Balaban J connectivity index is 1.55. The first kappa shape index (κ1) is 27.4. The number of ether oxygens (including phenoxy) is 3. The zero-order chi connectivity index (χ0) is 29.8. The molecule has 11 heteroatoms. The lowest BCUT2D eigenvalue weighted by atomic mass is 9.95. The molecule has 2 aliphatic heterocycles. The van der Waals surface area contributed by atoms with Crippen molar-refractivity contribution in [3.8, 4) is 22.6 Å². The van der Waals surface area contributed by atoms with Gasteiger partial charge in [-0.15, -0.1) is 10.2 Å². The molecule has 1 aromatic carbocycles. The fourth-order valence-electron chi connectivity index (χ4n) is 5.33. The number of carbonyl (C=O) groups is 2. The summed E-state index contributed by atoms with van der Waals surface area (Å²) in [6, 6.07) is 8.46. The van der Waals surface area contributed by atoms with Crippen LogP contribution in [0.3, 0.4) is 0 Å². The van der Waals surface area contributed by atoms with Crippen molar-refractivity contribution in [2.24, 2.45) is 0 Å². The van der Waals surface area contributed by atoms with Crippen molar-refractivity contribution in [2.75, 3.05) is 18.1 Å². The van der Waals surface area contributed by atoms with E-state index in [1.165, 1.54) is 30.3 Å². The molecule has 0 spiro atoms. The third kappa shape index (κ3) is 4.95. The average molecular weight is 572 g/mol. The standard InChI is InChI=1S/C31H30FN5O5/c1-17(38)6-7-20-8-9-21(18(2)34-20)22-12-26-29(37-16-33-35-28(22)37)36(30(39)42-31(3,4)5)13-23-24(32)10-11-25-27(23)19(14-40-25)15-41-26/h6-12,16,19H,13-15H2,1-5H3/b7-6+/t19-/m1/s1. The van der Waals surface area contributed by atoms with E-state index in [2.05, 4.69) is 15.2 Å². The molecule has 5 heterocycles. The number of carbonyl (C=O) groups excluding carboxylic acids is 2. The van der Waals surface area contributed by atoms with Crippen LogP contribution in [0.2, 0.25) is 0 Å². The number of anilines is 1. The van der Waals surface area contributed by atoms with Crippen LogP contribution in [0.4, 0.5) is 15.0 Å². The number of ketones is 1. The molecule has 216 valence electrons. The molecule has 2 aliphatic rings. The highest BCUT2D eigenvalue weighted by molar-refractivity contribution is 5.93. The Labute approximate surface area is 241 Å². The van der Waals surface area contributed by atoms with Gasteiger partial charge in [-0.2, -0.15) is 0 Å². The third-order valence-electron chi connectivity index (χ3n) is 7.13. The van der Waals surface area contributed by atoms with Crippen molar-refractivity contribution in [1.29, 1.82) is 0 Å². The van der Waals surface area contributed by atoms with Gasteiger partial charge in [-0.25, -0.2) is 9.18 Å². The lowest BCUT2D eigenvalue weighted by molar-refractivity contribution is -0.112. The maximum absolute atomic E-state index is 15.4. The predicted octanol–water partition coefficient (Wildman–Crippen LogP) is 5.65. The number of pyridine rings is 2. The Morgan fingerprint density at radius 1 is 1.10 bits per heavy atom. The first-order valence-corrected chi connectivity index (χ1v) is 13.6. The van der Waals surface area contributed by atoms with Crippen molar-refractivity contribution < 1.29 is 28.2 Å². The number of aromatic nitrogens is 4. The number of hydrogen-bond donors (Lipinski definition) is 0. The summed E-state index contributed by atoms with van der Waals surface area (Å²) in [5.41, 5.74) is 3.44. The van der Waals surface area contributed by atoms with Crippen LogP contribution >= 0.6 is 0 Å². The summed E-state index contributed by atoms with van der Waals surface area (Å²) in [6.45, 7) is 9.05. The highest BCUT2D eigenvalue weighted by Crippen LogP contribution is 2.44. The smallest absolute Gasteiger partial charge is 0.416 e. The highest BCUT2D eigenvalue weighted by Gasteiger charge is 2.37. The van der Waals surface area contributed by atoms with E-state index in [0.717, 1.165) is 5.56 Å². The van der Waals surface area contributed by atoms with Gasteiger partial charge in [-0.3, -0.25) is 19.1 Å². The average Bonchev–Trinajstić information content (AvgIpc) is 3.57. The van der Waals surface area contributed by atoms with Gasteiger partial charge >= 0.3 is 6.09 Å². The number of rotatable bonds is 3. The minimum Gasteiger partial charge on any atom is -0.493 e. The molecule has 0 saturated carbocycles. The van der Waals surface area contributed by atoms with E-state index in [0.29, 0.717) is 57.6 Å². The Hall–Kier alpha value is -4.80. The zero-order valence-electron chi connectivity index (χ0n) is 24.0. The molecule has 0 radical (unpaired) electrons. The Kier molecular flexibility index (Phi) is 6.67. The molecule has 0 fully saturated rings. The topological polar surface area (TPSA) is 108 Å². The molecule has 10 nitrogen and oxygen atoms in total. The number of aryl methyl sites for hydroxylation is 1. The zero-order valence-corrected chi connectivity index (χ0v) is 24.0. The van der Waals surface area contributed by atoms with E-state index in [1.807, 2.05) is 13.0 Å². The summed E-state index contributed by atoms with van der Waals surface area (Å²) in [6.07, 6.45) is 3.93. The molecule has 0 unspecified atom stereocenters. The second-order valence-corrected chi connectivity index (χ2v) is 11.4. The number of halogens is 1. The van der Waals surface area contributed by atoms with Crippen LogP contribution in [-0.4, -0.2) is 50.3 Å². The van der Waals surface area contributed by atoms with Gasteiger partial charge in [0.05, 0.1) is 31.4 Å². The number of fused-ring (bicyclic) bond motifs is 3. The van der Waals surface area contributed by atoms with Crippen molar-refractivity contribution >= 4 is 29.4 Å².